The summed E-state index contributed by atoms with van der Waals surface area (Å²) in [5, 5.41) is 16.6. The van der Waals surface area contributed by atoms with Crippen LogP contribution in [0.4, 0.5) is 0 Å². The van der Waals surface area contributed by atoms with Crippen molar-refractivity contribution in [1.82, 2.24) is 15.1 Å². The molecule has 1 unspecified atom stereocenters. The van der Waals surface area contributed by atoms with Gasteiger partial charge in [-0.05, 0) is 19.9 Å². The Labute approximate surface area is 89.3 Å². The number of rotatable bonds is 0. The first kappa shape index (κ1) is 11.0. The predicted molar refractivity (Wildman–Crippen MR) is 55.3 cm³/mol. The van der Waals surface area contributed by atoms with Crippen molar-refractivity contribution in [2.24, 2.45) is 7.05 Å². The molecular weight excluding hydrogens is 200 g/mol. The highest BCUT2D eigenvalue weighted by Crippen LogP contribution is 2.23. The topological polar surface area (TPSA) is 53.6 Å². The van der Waals surface area contributed by atoms with E-state index < -0.39 is 0 Å². The van der Waals surface area contributed by atoms with Crippen LogP contribution in [0.2, 0.25) is 0 Å². The predicted octanol–water partition coefficient (Wildman–Crippen LogP) is 0.920. The molecule has 5 heteroatoms. The summed E-state index contributed by atoms with van der Waals surface area (Å²) in [5.41, 5.74) is 2.87. The zero-order valence-electron chi connectivity index (χ0n) is 8.24. The number of hydrogen-bond acceptors (Lipinski definition) is 3. The molecule has 1 aromatic heterocycles. The van der Waals surface area contributed by atoms with Crippen LogP contribution >= 0.6 is 12.4 Å². The monoisotopic (exact) mass is 212 g/mol. The molecule has 0 saturated carbocycles. The van der Waals surface area contributed by atoms with Gasteiger partial charge in [-0.15, -0.1) is 12.4 Å². The van der Waals surface area contributed by atoms with E-state index >= 15 is 0 Å². The number of fused-ring (bicyclic) bond motifs is 1. The Kier molecular flexibility index (Phi) is 3.14. The first-order chi connectivity index (χ1) is 6.24. The molecule has 14 heavy (non-hydrogen) atoms. The molecule has 0 amide bonds. The van der Waals surface area contributed by atoms with Crippen LogP contribution in [0.5, 0.6) is 0 Å². The normalized spacial score (nSPS) is 19.4. The van der Waals surface area contributed by atoms with E-state index in [4.69, 9.17) is 5.26 Å². The Morgan fingerprint density at radius 2 is 2.36 bits per heavy atom. The van der Waals surface area contributed by atoms with Gasteiger partial charge in [0, 0.05) is 18.7 Å². The van der Waals surface area contributed by atoms with E-state index in [0.717, 1.165) is 24.2 Å². The number of halogens is 1. The standard InChI is InChI=1S/C9H12N4.ClH/c1-6-9-7(3-4-11-6)8(5-10)13(2)12-9;/h6,11H,3-4H2,1-2H3;1H. The molecule has 0 spiro atoms. The maximum Gasteiger partial charge on any atom is 0.141 e. The molecule has 0 aliphatic carbocycles. The zero-order chi connectivity index (χ0) is 9.42. The molecule has 1 atom stereocenters. The highest BCUT2D eigenvalue weighted by molar-refractivity contribution is 5.85. The summed E-state index contributed by atoms with van der Waals surface area (Å²) >= 11 is 0. The molecule has 1 aromatic rings. The first-order valence-corrected chi connectivity index (χ1v) is 4.43. The summed E-state index contributed by atoms with van der Waals surface area (Å²) in [4.78, 5) is 0. The van der Waals surface area contributed by atoms with Gasteiger partial charge in [0.15, 0.2) is 0 Å². The molecule has 0 radical (unpaired) electrons. The molecule has 1 aliphatic heterocycles. The first-order valence-electron chi connectivity index (χ1n) is 4.43. The van der Waals surface area contributed by atoms with Crippen molar-refractivity contribution in [3.05, 3.63) is 17.0 Å². The highest BCUT2D eigenvalue weighted by Gasteiger charge is 2.23. The van der Waals surface area contributed by atoms with Crippen LogP contribution in [-0.4, -0.2) is 16.3 Å². The SMILES string of the molecule is CC1NCCc2c1nn(C)c2C#N.Cl. The van der Waals surface area contributed by atoms with Crippen LogP contribution in [0, 0.1) is 11.3 Å². The Balaban J connectivity index is 0.000000980. The maximum atomic E-state index is 8.92. The van der Waals surface area contributed by atoms with E-state index in [1.807, 2.05) is 7.05 Å². The van der Waals surface area contributed by atoms with E-state index in [9.17, 15) is 0 Å². The molecule has 4 nitrogen and oxygen atoms in total. The molecule has 0 fully saturated rings. The lowest BCUT2D eigenvalue weighted by Gasteiger charge is -2.18. The second kappa shape index (κ2) is 3.99. The fraction of sp³-hybridized carbons (Fsp3) is 0.556. The second-order valence-electron chi connectivity index (χ2n) is 3.37. The van der Waals surface area contributed by atoms with Gasteiger partial charge < -0.3 is 5.32 Å². The minimum atomic E-state index is 0. The lowest BCUT2D eigenvalue weighted by molar-refractivity contribution is 0.525. The van der Waals surface area contributed by atoms with E-state index in [1.54, 1.807) is 4.68 Å². The molecule has 1 aliphatic rings. The fourth-order valence-electron chi connectivity index (χ4n) is 1.83. The number of nitrogens with zero attached hydrogens (tertiary/aromatic N) is 3. The van der Waals surface area contributed by atoms with Crippen molar-refractivity contribution in [1.29, 1.82) is 5.26 Å². The number of aromatic nitrogens is 2. The summed E-state index contributed by atoms with van der Waals surface area (Å²) < 4.78 is 1.67. The summed E-state index contributed by atoms with van der Waals surface area (Å²) in [6, 6.07) is 2.47. The quantitative estimate of drug-likeness (QED) is 0.696. The largest absolute Gasteiger partial charge is 0.308 e. The van der Waals surface area contributed by atoms with Crippen LogP contribution in [0.1, 0.15) is 29.9 Å². The van der Waals surface area contributed by atoms with Crippen molar-refractivity contribution in [2.45, 2.75) is 19.4 Å². The lowest BCUT2D eigenvalue weighted by Crippen LogP contribution is -2.27. The summed E-state index contributed by atoms with van der Waals surface area (Å²) in [6.45, 7) is 3.01. The fourth-order valence-corrected chi connectivity index (χ4v) is 1.83. The van der Waals surface area contributed by atoms with Crippen LogP contribution in [0.15, 0.2) is 0 Å². The van der Waals surface area contributed by atoms with Gasteiger partial charge in [-0.2, -0.15) is 10.4 Å². The third-order valence-electron chi connectivity index (χ3n) is 2.52. The van der Waals surface area contributed by atoms with Crippen LogP contribution in [0.25, 0.3) is 0 Å². The van der Waals surface area contributed by atoms with Gasteiger partial charge in [0.25, 0.3) is 0 Å². The minimum absolute atomic E-state index is 0. The van der Waals surface area contributed by atoms with Gasteiger partial charge in [-0.25, -0.2) is 0 Å². The number of hydrogen-bond donors (Lipinski definition) is 1. The average Bonchev–Trinajstić information content (AvgIpc) is 2.43. The molecule has 2 rings (SSSR count). The van der Waals surface area contributed by atoms with Crippen LogP contribution < -0.4 is 5.32 Å². The van der Waals surface area contributed by atoms with Crippen molar-refractivity contribution in [3.63, 3.8) is 0 Å². The number of nitrogens with one attached hydrogen (secondary N) is 1. The smallest absolute Gasteiger partial charge is 0.141 e. The van der Waals surface area contributed by atoms with Gasteiger partial charge in [-0.3, -0.25) is 4.68 Å². The van der Waals surface area contributed by atoms with E-state index in [0.29, 0.717) is 5.69 Å². The molecular formula is C9H13ClN4. The molecule has 0 bridgehead atoms. The van der Waals surface area contributed by atoms with E-state index in [2.05, 4.69) is 23.4 Å². The van der Waals surface area contributed by atoms with Gasteiger partial charge in [-0.1, -0.05) is 0 Å². The Morgan fingerprint density at radius 3 is 3.00 bits per heavy atom. The Morgan fingerprint density at radius 1 is 1.64 bits per heavy atom. The minimum Gasteiger partial charge on any atom is -0.308 e. The summed E-state index contributed by atoms with van der Waals surface area (Å²) in [7, 11) is 1.82. The van der Waals surface area contributed by atoms with Crippen molar-refractivity contribution >= 4 is 12.4 Å². The third kappa shape index (κ3) is 1.49. The highest BCUT2D eigenvalue weighted by atomic mass is 35.5. The number of aryl methyl sites for hydroxylation is 1. The lowest BCUT2D eigenvalue weighted by atomic mass is 10.0. The van der Waals surface area contributed by atoms with Gasteiger partial charge >= 0.3 is 0 Å². The van der Waals surface area contributed by atoms with Crippen LogP contribution in [0.3, 0.4) is 0 Å². The van der Waals surface area contributed by atoms with Crippen LogP contribution in [-0.2, 0) is 13.5 Å². The summed E-state index contributed by atoms with van der Waals surface area (Å²) in [5.74, 6) is 0. The Hall–Kier alpha value is -1.05. The van der Waals surface area contributed by atoms with E-state index in [1.165, 1.54) is 0 Å². The van der Waals surface area contributed by atoms with Crippen molar-refractivity contribution < 1.29 is 0 Å². The molecule has 0 aromatic carbocycles. The van der Waals surface area contributed by atoms with Gasteiger partial charge in [0.1, 0.15) is 11.8 Å². The van der Waals surface area contributed by atoms with Gasteiger partial charge in [0.05, 0.1) is 5.69 Å². The molecule has 76 valence electrons. The van der Waals surface area contributed by atoms with Crippen molar-refractivity contribution in [2.75, 3.05) is 6.54 Å². The van der Waals surface area contributed by atoms with Crippen molar-refractivity contribution in [3.8, 4) is 6.07 Å². The van der Waals surface area contributed by atoms with E-state index in [-0.39, 0.29) is 18.4 Å². The van der Waals surface area contributed by atoms with Gasteiger partial charge in [0.2, 0.25) is 0 Å². The second-order valence-corrected chi connectivity index (χ2v) is 3.37. The maximum absolute atomic E-state index is 8.92. The molecule has 2 heterocycles. The summed E-state index contributed by atoms with van der Waals surface area (Å²) in [6.07, 6.45) is 0.913. The third-order valence-corrected chi connectivity index (χ3v) is 2.52. The molecule has 1 N–H and O–H groups in total. The number of nitriles is 1. The molecule has 0 saturated heterocycles. The zero-order valence-corrected chi connectivity index (χ0v) is 9.06. The Bertz CT molecular complexity index is 377. The average molecular weight is 213 g/mol.